The first-order valence-corrected chi connectivity index (χ1v) is 13.6. The van der Waals surface area contributed by atoms with Crippen LogP contribution in [0.25, 0.3) is 0 Å². The molecule has 0 bridgehead atoms. The molecule has 0 radical (unpaired) electrons. The number of ketones is 1. The third-order valence-corrected chi connectivity index (χ3v) is 11.3. The molecule has 0 spiro atoms. The molecule has 4 aliphatic carbocycles. The second-order valence-electron chi connectivity index (χ2n) is 11.3. The molecule has 0 unspecified atom stereocenters. The van der Waals surface area contributed by atoms with Crippen LogP contribution < -0.4 is 0 Å². The molecule has 0 N–H and O–H groups in total. The number of carbonyl (C=O) groups is 1. The molecule has 5 rings (SSSR count). The van der Waals surface area contributed by atoms with Crippen molar-refractivity contribution < 1.29 is 17.4 Å². The summed E-state index contributed by atoms with van der Waals surface area (Å²) < 4.78 is 31.4. The van der Waals surface area contributed by atoms with Gasteiger partial charge in [-0.1, -0.05) is 31.5 Å². The summed E-state index contributed by atoms with van der Waals surface area (Å²) in [7, 11) is -3.72. The van der Waals surface area contributed by atoms with Gasteiger partial charge in [-0.3, -0.25) is 8.98 Å². The Hall–Kier alpha value is -1.20. The Morgan fingerprint density at radius 3 is 2.42 bits per heavy atom. The van der Waals surface area contributed by atoms with Crippen molar-refractivity contribution >= 4 is 15.9 Å². The molecule has 1 aromatic carbocycles. The molecular weight excluding hydrogens is 408 g/mol. The summed E-state index contributed by atoms with van der Waals surface area (Å²) in [6.07, 6.45) is 8.85. The van der Waals surface area contributed by atoms with E-state index in [9.17, 15) is 13.2 Å². The Kier molecular flexibility index (Phi) is 5.17. The summed E-state index contributed by atoms with van der Waals surface area (Å²) >= 11 is 0. The van der Waals surface area contributed by atoms with Crippen molar-refractivity contribution in [3.63, 3.8) is 0 Å². The van der Waals surface area contributed by atoms with Crippen LogP contribution in [-0.2, 0) is 19.1 Å². The highest BCUT2D eigenvalue weighted by atomic mass is 32.2. The van der Waals surface area contributed by atoms with E-state index in [1.54, 1.807) is 12.1 Å². The normalized spacial score (nSPS) is 42.5. The van der Waals surface area contributed by atoms with Crippen molar-refractivity contribution in [1.29, 1.82) is 0 Å². The van der Waals surface area contributed by atoms with Gasteiger partial charge in [-0.25, -0.2) is 0 Å². The standard InChI is InChI=1S/C26H36O4S/c1-17-4-7-20(8-5-17)31(28,29)30-19-12-14-25(2)18(16-19)6-9-21-22-10-11-24(27)26(22,3)15-13-23(21)25/h4-5,7-8,18-19,21-23H,6,9-16H2,1-3H3/t18-,19-,21+,22-,23+,25+,26-/m1/s1. The Balaban J connectivity index is 1.30. The van der Waals surface area contributed by atoms with Gasteiger partial charge in [-0.05, 0) is 99.5 Å². The highest BCUT2D eigenvalue weighted by molar-refractivity contribution is 7.86. The lowest BCUT2D eigenvalue weighted by Gasteiger charge is -2.60. The lowest BCUT2D eigenvalue weighted by molar-refractivity contribution is -0.141. The summed E-state index contributed by atoms with van der Waals surface area (Å²) in [6, 6.07) is 6.93. The average Bonchev–Trinajstić information content (AvgIpc) is 3.03. The number of Topliss-reactive ketones (excluding diaryl/α,β-unsaturated/α-hetero) is 1. The molecule has 0 aromatic heterocycles. The summed E-state index contributed by atoms with van der Waals surface area (Å²) in [4.78, 5) is 12.9. The van der Waals surface area contributed by atoms with E-state index in [1.165, 1.54) is 6.42 Å². The van der Waals surface area contributed by atoms with Crippen molar-refractivity contribution in [2.45, 2.75) is 89.6 Å². The summed E-state index contributed by atoms with van der Waals surface area (Å²) in [5.41, 5.74) is 1.22. The minimum Gasteiger partial charge on any atom is -0.299 e. The first kappa shape index (κ1) is 21.6. The summed E-state index contributed by atoms with van der Waals surface area (Å²) in [5, 5.41) is 0. The van der Waals surface area contributed by atoms with E-state index in [2.05, 4.69) is 13.8 Å². The number of hydrogen-bond acceptors (Lipinski definition) is 4. The van der Waals surface area contributed by atoms with E-state index in [0.717, 1.165) is 56.9 Å². The quantitative estimate of drug-likeness (QED) is 0.563. The SMILES string of the molecule is Cc1ccc(S(=O)(=O)O[C@@H]2CC[C@@]3(C)[C@H](CC[C@H]4[C@H]5CCC(=O)[C@]5(C)CC[C@@H]43)C2)cc1. The lowest BCUT2D eigenvalue weighted by atomic mass is 9.45. The second kappa shape index (κ2) is 7.41. The van der Waals surface area contributed by atoms with Gasteiger partial charge >= 0.3 is 0 Å². The van der Waals surface area contributed by atoms with E-state index < -0.39 is 10.1 Å². The van der Waals surface area contributed by atoms with Crippen molar-refractivity contribution in [2.24, 2.45) is 34.5 Å². The topological polar surface area (TPSA) is 60.4 Å². The Morgan fingerprint density at radius 1 is 0.935 bits per heavy atom. The second-order valence-corrected chi connectivity index (χ2v) is 12.9. The zero-order valence-corrected chi connectivity index (χ0v) is 19.9. The monoisotopic (exact) mass is 444 g/mol. The number of aryl methyl sites for hydroxylation is 1. The van der Waals surface area contributed by atoms with Crippen LogP contribution in [0.4, 0.5) is 0 Å². The number of benzene rings is 1. The molecule has 0 heterocycles. The molecule has 1 aromatic rings. The van der Waals surface area contributed by atoms with Gasteiger partial charge in [0.05, 0.1) is 11.0 Å². The van der Waals surface area contributed by atoms with Crippen molar-refractivity contribution in [2.75, 3.05) is 0 Å². The van der Waals surface area contributed by atoms with Gasteiger partial charge in [0.1, 0.15) is 5.78 Å². The van der Waals surface area contributed by atoms with Crippen LogP contribution in [0, 0.1) is 41.4 Å². The minimum atomic E-state index is -3.72. The Bertz CT molecular complexity index is 968. The van der Waals surface area contributed by atoms with Gasteiger partial charge in [0.15, 0.2) is 0 Å². The van der Waals surface area contributed by atoms with Crippen LogP contribution in [0.3, 0.4) is 0 Å². The third-order valence-electron chi connectivity index (χ3n) is 9.90. The molecule has 7 atom stereocenters. The van der Waals surface area contributed by atoms with Gasteiger partial charge in [-0.2, -0.15) is 8.42 Å². The first-order valence-electron chi connectivity index (χ1n) is 12.2. The van der Waals surface area contributed by atoms with E-state index >= 15 is 0 Å². The van der Waals surface area contributed by atoms with Crippen LogP contribution in [0.2, 0.25) is 0 Å². The molecule has 31 heavy (non-hydrogen) atoms. The molecule has 170 valence electrons. The zero-order chi connectivity index (χ0) is 22.0. The maximum atomic E-state index is 12.8. The molecule has 4 aliphatic rings. The van der Waals surface area contributed by atoms with E-state index in [0.29, 0.717) is 29.5 Å². The fraction of sp³-hybridized carbons (Fsp3) is 0.731. The minimum absolute atomic E-state index is 0.0766. The number of rotatable bonds is 3. The number of carbonyl (C=O) groups excluding carboxylic acids is 1. The molecular formula is C26H36O4S. The van der Waals surface area contributed by atoms with Crippen LogP contribution in [-0.4, -0.2) is 20.3 Å². The molecule has 0 saturated heterocycles. The van der Waals surface area contributed by atoms with Crippen LogP contribution >= 0.6 is 0 Å². The molecule has 0 aliphatic heterocycles. The lowest BCUT2D eigenvalue weighted by Crippen LogP contribution is -2.54. The van der Waals surface area contributed by atoms with Crippen molar-refractivity contribution in [1.82, 2.24) is 0 Å². The molecule has 4 fully saturated rings. The summed E-state index contributed by atoms with van der Waals surface area (Å²) in [5.74, 6) is 2.92. The highest BCUT2D eigenvalue weighted by Gasteiger charge is 2.60. The average molecular weight is 445 g/mol. The van der Waals surface area contributed by atoms with Crippen LogP contribution in [0.5, 0.6) is 0 Å². The van der Waals surface area contributed by atoms with Gasteiger partial charge in [0.25, 0.3) is 10.1 Å². The summed E-state index contributed by atoms with van der Waals surface area (Å²) in [6.45, 7) is 6.64. The Morgan fingerprint density at radius 2 is 1.68 bits per heavy atom. The molecule has 4 nitrogen and oxygen atoms in total. The number of hydrogen-bond donors (Lipinski definition) is 0. The smallest absolute Gasteiger partial charge is 0.297 e. The van der Waals surface area contributed by atoms with E-state index in [1.807, 2.05) is 19.1 Å². The number of fused-ring (bicyclic) bond motifs is 5. The predicted molar refractivity (Wildman–Crippen MR) is 120 cm³/mol. The Labute approximate surface area is 187 Å². The van der Waals surface area contributed by atoms with Gasteiger partial charge in [0.2, 0.25) is 0 Å². The van der Waals surface area contributed by atoms with Gasteiger partial charge < -0.3 is 0 Å². The predicted octanol–water partition coefficient (Wildman–Crippen LogP) is 5.68. The largest absolute Gasteiger partial charge is 0.299 e. The maximum Gasteiger partial charge on any atom is 0.297 e. The van der Waals surface area contributed by atoms with Crippen molar-refractivity contribution in [3.8, 4) is 0 Å². The van der Waals surface area contributed by atoms with Crippen LogP contribution in [0.15, 0.2) is 29.2 Å². The third kappa shape index (κ3) is 3.42. The fourth-order valence-corrected chi connectivity index (χ4v) is 9.13. The molecule has 5 heteroatoms. The van der Waals surface area contributed by atoms with Gasteiger partial charge in [0, 0.05) is 11.8 Å². The van der Waals surface area contributed by atoms with E-state index in [4.69, 9.17) is 4.18 Å². The first-order chi connectivity index (χ1) is 14.6. The zero-order valence-electron chi connectivity index (χ0n) is 19.1. The van der Waals surface area contributed by atoms with Crippen molar-refractivity contribution in [3.05, 3.63) is 29.8 Å². The van der Waals surface area contributed by atoms with Crippen LogP contribution in [0.1, 0.15) is 77.2 Å². The van der Waals surface area contributed by atoms with Gasteiger partial charge in [-0.15, -0.1) is 0 Å². The fourth-order valence-electron chi connectivity index (χ4n) is 8.02. The molecule has 0 amide bonds. The highest BCUT2D eigenvalue weighted by Crippen LogP contribution is 2.65. The maximum absolute atomic E-state index is 12.8. The van der Waals surface area contributed by atoms with E-state index in [-0.39, 0.29) is 21.8 Å². The molecule has 4 saturated carbocycles.